The molecule has 2 aliphatic heterocycles. The summed E-state index contributed by atoms with van der Waals surface area (Å²) in [7, 11) is 0. The maximum absolute atomic E-state index is 10.9. The first-order chi connectivity index (χ1) is 5.31. The van der Waals surface area contributed by atoms with Crippen LogP contribution in [-0.4, -0.2) is 24.7 Å². The molecule has 0 radical (unpaired) electrons. The van der Waals surface area contributed by atoms with Crippen molar-refractivity contribution >= 4 is 5.91 Å². The zero-order valence-electron chi connectivity index (χ0n) is 6.56. The predicted octanol–water partition coefficient (Wildman–Crippen LogP) is 0.446. The molecule has 0 saturated carbocycles. The molecular formula is C8H13NO2. The fourth-order valence-corrected chi connectivity index (χ4v) is 1.87. The minimum Gasteiger partial charge on any atom is -0.373 e. The first-order valence-corrected chi connectivity index (χ1v) is 4.21. The average molecular weight is 155 g/mol. The van der Waals surface area contributed by atoms with E-state index in [1.54, 1.807) is 0 Å². The van der Waals surface area contributed by atoms with Crippen LogP contribution in [0.4, 0.5) is 0 Å². The van der Waals surface area contributed by atoms with Crippen molar-refractivity contribution in [3.8, 4) is 0 Å². The number of hydrogen-bond acceptors (Lipinski definition) is 2. The normalized spacial score (nSPS) is 37.6. The first kappa shape index (κ1) is 7.10. The van der Waals surface area contributed by atoms with E-state index in [1.807, 2.05) is 0 Å². The second kappa shape index (κ2) is 2.48. The van der Waals surface area contributed by atoms with Crippen molar-refractivity contribution in [3.63, 3.8) is 0 Å². The predicted molar refractivity (Wildman–Crippen MR) is 40.2 cm³/mol. The van der Waals surface area contributed by atoms with Crippen LogP contribution in [0.2, 0.25) is 0 Å². The number of amides is 1. The van der Waals surface area contributed by atoms with Crippen molar-refractivity contribution < 1.29 is 9.53 Å². The Kier molecular flexibility index (Phi) is 1.60. The Labute approximate surface area is 66.1 Å². The average Bonchev–Trinajstić information content (AvgIpc) is 2.34. The molecule has 1 amide bonds. The van der Waals surface area contributed by atoms with E-state index in [1.165, 1.54) is 6.42 Å². The van der Waals surface area contributed by atoms with Gasteiger partial charge >= 0.3 is 0 Å². The smallest absolute Gasteiger partial charge is 0.223 e. The summed E-state index contributed by atoms with van der Waals surface area (Å²) in [6.07, 6.45) is 3.98. The van der Waals surface area contributed by atoms with Crippen molar-refractivity contribution in [3.05, 3.63) is 0 Å². The van der Waals surface area contributed by atoms with Crippen LogP contribution in [0.1, 0.15) is 25.7 Å². The van der Waals surface area contributed by atoms with Crippen molar-refractivity contribution in [1.82, 2.24) is 5.32 Å². The highest BCUT2D eigenvalue weighted by Gasteiger charge is 2.40. The molecular weight excluding hydrogens is 142 g/mol. The van der Waals surface area contributed by atoms with Crippen LogP contribution in [0.3, 0.4) is 0 Å². The molecule has 1 N–H and O–H groups in total. The fourth-order valence-electron chi connectivity index (χ4n) is 1.87. The lowest BCUT2D eigenvalue weighted by molar-refractivity contribution is -0.122. The first-order valence-electron chi connectivity index (χ1n) is 4.21. The van der Waals surface area contributed by atoms with E-state index >= 15 is 0 Å². The van der Waals surface area contributed by atoms with Crippen molar-refractivity contribution in [1.29, 1.82) is 0 Å². The van der Waals surface area contributed by atoms with Crippen LogP contribution in [0.25, 0.3) is 0 Å². The minimum atomic E-state index is -0.116. The molecule has 2 saturated heterocycles. The van der Waals surface area contributed by atoms with E-state index in [9.17, 15) is 4.79 Å². The van der Waals surface area contributed by atoms with E-state index in [-0.39, 0.29) is 11.5 Å². The quantitative estimate of drug-likeness (QED) is 0.551. The summed E-state index contributed by atoms with van der Waals surface area (Å²) in [5.74, 6) is 0.145. The highest BCUT2D eigenvalue weighted by Crippen LogP contribution is 2.30. The second-order valence-corrected chi connectivity index (χ2v) is 3.44. The van der Waals surface area contributed by atoms with Crippen LogP contribution in [0.5, 0.6) is 0 Å². The molecule has 1 spiro atoms. The molecule has 0 aromatic heterocycles. The SMILES string of the molecule is O=C1CC2(CCCCO2)CN1. The molecule has 0 aliphatic carbocycles. The minimum absolute atomic E-state index is 0.116. The van der Waals surface area contributed by atoms with E-state index in [0.29, 0.717) is 6.42 Å². The number of rotatable bonds is 0. The van der Waals surface area contributed by atoms with Gasteiger partial charge in [-0.2, -0.15) is 0 Å². The number of carbonyl (C=O) groups is 1. The maximum Gasteiger partial charge on any atom is 0.223 e. The van der Waals surface area contributed by atoms with E-state index in [4.69, 9.17) is 4.74 Å². The zero-order valence-corrected chi connectivity index (χ0v) is 6.56. The van der Waals surface area contributed by atoms with Gasteiger partial charge in [-0.15, -0.1) is 0 Å². The third-order valence-electron chi connectivity index (χ3n) is 2.53. The third-order valence-corrected chi connectivity index (χ3v) is 2.53. The molecule has 0 aromatic carbocycles. The Morgan fingerprint density at radius 3 is 2.91 bits per heavy atom. The molecule has 2 heterocycles. The molecule has 62 valence electrons. The van der Waals surface area contributed by atoms with Gasteiger partial charge < -0.3 is 10.1 Å². The van der Waals surface area contributed by atoms with Crippen molar-refractivity contribution in [2.45, 2.75) is 31.3 Å². The van der Waals surface area contributed by atoms with Crippen LogP contribution < -0.4 is 5.32 Å². The third kappa shape index (κ3) is 1.25. The lowest BCUT2D eigenvalue weighted by Gasteiger charge is -2.31. The molecule has 2 rings (SSSR count). The molecule has 0 aromatic rings. The Morgan fingerprint density at radius 1 is 1.45 bits per heavy atom. The topological polar surface area (TPSA) is 38.3 Å². The maximum atomic E-state index is 10.9. The number of hydrogen-bond donors (Lipinski definition) is 1. The zero-order chi connectivity index (χ0) is 7.73. The summed E-state index contributed by atoms with van der Waals surface area (Å²) >= 11 is 0. The summed E-state index contributed by atoms with van der Waals surface area (Å²) in [6, 6.07) is 0. The number of carbonyl (C=O) groups excluding carboxylic acids is 1. The highest BCUT2D eigenvalue weighted by atomic mass is 16.5. The van der Waals surface area contributed by atoms with Gasteiger partial charge in [0.1, 0.15) is 0 Å². The summed E-state index contributed by atoms with van der Waals surface area (Å²) < 4.78 is 5.61. The van der Waals surface area contributed by atoms with Gasteiger partial charge in [-0.3, -0.25) is 4.79 Å². The van der Waals surface area contributed by atoms with Gasteiger partial charge in [0, 0.05) is 13.2 Å². The molecule has 3 nitrogen and oxygen atoms in total. The number of ether oxygens (including phenoxy) is 1. The highest BCUT2D eigenvalue weighted by molar-refractivity contribution is 5.79. The van der Waals surface area contributed by atoms with Gasteiger partial charge in [0.25, 0.3) is 0 Å². The van der Waals surface area contributed by atoms with Gasteiger partial charge in [0.05, 0.1) is 12.0 Å². The Hall–Kier alpha value is -0.570. The van der Waals surface area contributed by atoms with E-state index in [2.05, 4.69) is 5.32 Å². The summed E-state index contributed by atoms with van der Waals surface area (Å²) in [6.45, 7) is 1.56. The Morgan fingerprint density at radius 2 is 2.36 bits per heavy atom. The molecule has 1 unspecified atom stereocenters. The van der Waals surface area contributed by atoms with Gasteiger partial charge in [0.2, 0.25) is 5.91 Å². The van der Waals surface area contributed by atoms with Crippen molar-refractivity contribution in [2.75, 3.05) is 13.2 Å². The lowest BCUT2D eigenvalue weighted by Crippen LogP contribution is -2.38. The molecule has 0 bridgehead atoms. The van der Waals surface area contributed by atoms with E-state index < -0.39 is 0 Å². The molecule has 11 heavy (non-hydrogen) atoms. The van der Waals surface area contributed by atoms with Gasteiger partial charge in [-0.25, -0.2) is 0 Å². The van der Waals surface area contributed by atoms with Crippen LogP contribution in [-0.2, 0) is 9.53 Å². The number of nitrogens with one attached hydrogen (secondary N) is 1. The van der Waals surface area contributed by atoms with Gasteiger partial charge in [-0.05, 0) is 19.3 Å². The van der Waals surface area contributed by atoms with E-state index in [0.717, 1.165) is 26.0 Å². The summed E-state index contributed by atoms with van der Waals surface area (Å²) in [5.41, 5.74) is -0.116. The molecule has 3 heteroatoms. The van der Waals surface area contributed by atoms with Gasteiger partial charge in [0.15, 0.2) is 0 Å². The lowest BCUT2D eigenvalue weighted by atomic mass is 9.93. The monoisotopic (exact) mass is 155 g/mol. The molecule has 1 atom stereocenters. The second-order valence-electron chi connectivity index (χ2n) is 3.44. The molecule has 2 fully saturated rings. The summed E-state index contributed by atoms with van der Waals surface area (Å²) in [5, 5.41) is 2.82. The van der Waals surface area contributed by atoms with Crippen LogP contribution in [0.15, 0.2) is 0 Å². The fraction of sp³-hybridized carbons (Fsp3) is 0.875. The van der Waals surface area contributed by atoms with Crippen LogP contribution >= 0.6 is 0 Å². The largest absolute Gasteiger partial charge is 0.373 e. The summed E-state index contributed by atoms with van der Waals surface area (Å²) in [4.78, 5) is 10.9. The van der Waals surface area contributed by atoms with Crippen LogP contribution in [0, 0.1) is 0 Å². The van der Waals surface area contributed by atoms with Gasteiger partial charge in [-0.1, -0.05) is 0 Å². The molecule has 2 aliphatic rings. The Balaban J connectivity index is 2.03. The Bertz CT molecular complexity index is 173. The standard InChI is InChI=1S/C8H13NO2/c10-7-5-8(6-9-7)3-1-2-4-11-8/h1-6H2,(H,9,10). The van der Waals surface area contributed by atoms with Crippen molar-refractivity contribution in [2.24, 2.45) is 0 Å².